The monoisotopic (exact) mass is 387 g/mol. The molecule has 2 rings (SSSR count). The Kier molecular flexibility index (Phi) is 7.78. The largest absolute Gasteiger partial charge is 0.375 e. The van der Waals surface area contributed by atoms with Crippen LogP contribution < -0.4 is 10.6 Å². The predicted octanol–water partition coefficient (Wildman–Crippen LogP) is 5.09. The molecular weight excluding hydrogens is 369 g/mol. The first-order valence-corrected chi connectivity index (χ1v) is 9.23. The van der Waals surface area contributed by atoms with Gasteiger partial charge >= 0.3 is 6.03 Å². The Morgan fingerprint density at radius 3 is 2.92 bits per heavy atom. The predicted molar refractivity (Wildman–Crippen MR) is 99.0 cm³/mol. The maximum absolute atomic E-state index is 11.9. The summed E-state index contributed by atoms with van der Waals surface area (Å²) in [4.78, 5) is 16.2. The molecule has 0 atom stereocenters. The Morgan fingerprint density at radius 2 is 2.17 bits per heavy atom. The van der Waals surface area contributed by atoms with Crippen LogP contribution >= 0.6 is 34.5 Å². The SMILES string of the molecule is CCCCOCc1csc(NC(=O)NCc2ccc(Cl)c(Cl)c2)n1. The van der Waals surface area contributed by atoms with E-state index in [0.717, 1.165) is 30.7 Å². The second kappa shape index (κ2) is 9.84. The van der Waals surface area contributed by atoms with Gasteiger partial charge in [-0.2, -0.15) is 0 Å². The molecule has 0 fully saturated rings. The van der Waals surface area contributed by atoms with Gasteiger partial charge in [-0.05, 0) is 24.1 Å². The lowest BCUT2D eigenvalue weighted by Crippen LogP contribution is -2.28. The molecule has 130 valence electrons. The van der Waals surface area contributed by atoms with Crippen molar-refractivity contribution in [3.63, 3.8) is 0 Å². The van der Waals surface area contributed by atoms with E-state index in [9.17, 15) is 4.79 Å². The molecule has 0 bridgehead atoms. The highest BCUT2D eigenvalue weighted by Crippen LogP contribution is 2.22. The number of aromatic nitrogens is 1. The van der Waals surface area contributed by atoms with Gasteiger partial charge in [-0.1, -0.05) is 42.6 Å². The van der Waals surface area contributed by atoms with Crippen LogP contribution in [0.3, 0.4) is 0 Å². The third kappa shape index (κ3) is 6.28. The summed E-state index contributed by atoms with van der Waals surface area (Å²) in [6.45, 7) is 3.65. The summed E-state index contributed by atoms with van der Waals surface area (Å²) >= 11 is 13.2. The Hall–Kier alpha value is -1.34. The van der Waals surface area contributed by atoms with Gasteiger partial charge in [-0.3, -0.25) is 5.32 Å². The van der Waals surface area contributed by atoms with Gasteiger partial charge < -0.3 is 10.1 Å². The van der Waals surface area contributed by atoms with Crippen LogP contribution in [0.25, 0.3) is 0 Å². The van der Waals surface area contributed by atoms with Gasteiger partial charge in [-0.15, -0.1) is 11.3 Å². The summed E-state index contributed by atoms with van der Waals surface area (Å²) in [5.41, 5.74) is 1.68. The van der Waals surface area contributed by atoms with Crippen molar-refractivity contribution in [1.82, 2.24) is 10.3 Å². The third-order valence-electron chi connectivity index (χ3n) is 3.10. The Bertz CT molecular complexity index is 679. The molecule has 24 heavy (non-hydrogen) atoms. The number of benzene rings is 1. The second-order valence-corrected chi connectivity index (χ2v) is 6.78. The molecule has 1 heterocycles. The second-order valence-electron chi connectivity index (χ2n) is 5.11. The normalized spacial score (nSPS) is 10.6. The third-order valence-corrected chi connectivity index (χ3v) is 4.65. The smallest absolute Gasteiger partial charge is 0.321 e. The van der Waals surface area contributed by atoms with E-state index >= 15 is 0 Å². The fraction of sp³-hybridized carbons (Fsp3) is 0.375. The number of ether oxygens (including phenoxy) is 1. The molecule has 0 spiro atoms. The minimum atomic E-state index is -0.325. The van der Waals surface area contributed by atoms with E-state index in [-0.39, 0.29) is 6.03 Å². The molecule has 8 heteroatoms. The molecule has 0 unspecified atom stereocenters. The molecule has 5 nitrogen and oxygen atoms in total. The molecule has 0 aliphatic heterocycles. The zero-order chi connectivity index (χ0) is 17.4. The number of hydrogen-bond acceptors (Lipinski definition) is 4. The number of hydrogen-bond donors (Lipinski definition) is 2. The van der Waals surface area contributed by atoms with Crippen molar-refractivity contribution in [2.45, 2.75) is 32.9 Å². The first kappa shape index (κ1) is 19.0. The van der Waals surface area contributed by atoms with E-state index in [1.54, 1.807) is 12.1 Å². The number of thiazole rings is 1. The summed E-state index contributed by atoms with van der Waals surface area (Å²) in [5, 5.41) is 8.81. The van der Waals surface area contributed by atoms with Crippen LogP contribution in [0.1, 0.15) is 31.0 Å². The molecule has 2 aromatic rings. The summed E-state index contributed by atoms with van der Waals surface area (Å²) in [6.07, 6.45) is 2.13. The fourth-order valence-electron chi connectivity index (χ4n) is 1.83. The van der Waals surface area contributed by atoms with Gasteiger partial charge in [0.2, 0.25) is 0 Å². The Labute approximate surface area is 155 Å². The molecule has 0 radical (unpaired) electrons. The van der Waals surface area contributed by atoms with Gasteiger partial charge in [0, 0.05) is 18.5 Å². The van der Waals surface area contributed by atoms with Gasteiger partial charge in [0.1, 0.15) is 0 Å². The fourth-order valence-corrected chi connectivity index (χ4v) is 2.84. The highest BCUT2D eigenvalue weighted by molar-refractivity contribution is 7.13. The van der Waals surface area contributed by atoms with Crippen molar-refractivity contribution in [3.8, 4) is 0 Å². The lowest BCUT2D eigenvalue weighted by Gasteiger charge is -2.06. The number of carbonyl (C=O) groups excluding carboxylic acids is 1. The first-order chi connectivity index (χ1) is 11.6. The highest BCUT2D eigenvalue weighted by Gasteiger charge is 2.07. The van der Waals surface area contributed by atoms with Gasteiger partial charge in [0.25, 0.3) is 0 Å². The van der Waals surface area contributed by atoms with Crippen LogP contribution in [0.2, 0.25) is 10.0 Å². The van der Waals surface area contributed by atoms with Crippen molar-refractivity contribution < 1.29 is 9.53 Å². The molecule has 1 aromatic heterocycles. The number of rotatable bonds is 8. The minimum Gasteiger partial charge on any atom is -0.375 e. The topological polar surface area (TPSA) is 63.2 Å². The number of unbranched alkanes of at least 4 members (excludes halogenated alkanes) is 1. The highest BCUT2D eigenvalue weighted by atomic mass is 35.5. The van der Waals surface area contributed by atoms with Gasteiger partial charge in [0.05, 0.1) is 22.3 Å². The zero-order valence-corrected chi connectivity index (χ0v) is 15.6. The van der Waals surface area contributed by atoms with E-state index in [1.807, 2.05) is 11.4 Å². The quantitative estimate of drug-likeness (QED) is 0.620. The summed E-state index contributed by atoms with van der Waals surface area (Å²) in [7, 11) is 0. The van der Waals surface area contributed by atoms with Crippen molar-refractivity contribution in [1.29, 1.82) is 0 Å². The average molecular weight is 388 g/mol. The van der Waals surface area contributed by atoms with Crippen molar-refractivity contribution >= 4 is 45.7 Å². The van der Waals surface area contributed by atoms with Crippen LogP contribution in [0.15, 0.2) is 23.6 Å². The number of nitrogens with one attached hydrogen (secondary N) is 2. The van der Waals surface area contributed by atoms with E-state index in [4.69, 9.17) is 27.9 Å². The molecule has 0 aliphatic carbocycles. The lowest BCUT2D eigenvalue weighted by molar-refractivity contribution is 0.116. The van der Waals surface area contributed by atoms with Crippen LogP contribution in [0, 0.1) is 0 Å². The lowest BCUT2D eigenvalue weighted by atomic mass is 10.2. The van der Waals surface area contributed by atoms with Crippen LogP contribution in [0.5, 0.6) is 0 Å². The van der Waals surface area contributed by atoms with Gasteiger partial charge in [0.15, 0.2) is 5.13 Å². The molecule has 0 aliphatic rings. The van der Waals surface area contributed by atoms with E-state index in [1.165, 1.54) is 11.3 Å². The number of amides is 2. The minimum absolute atomic E-state index is 0.325. The average Bonchev–Trinajstić information content (AvgIpc) is 3.00. The standard InChI is InChI=1S/C16H19Cl2N3O2S/c1-2-3-6-23-9-12-10-24-16(20-12)21-15(22)19-8-11-4-5-13(17)14(18)7-11/h4-5,7,10H,2-3,6,8-9H2,1H3,(H2,19,20,21,22). The Morgan fingerprint density at radius 1 is 1.33 bits per heavy atom. The number of urea groups is 1. The number of anilines is 1. The molecular formula is C16H19Cl2N3O2S. The van der Waals surface area contributed by atoms with Crippen molar-refractivity contribution in [3.05, 3.63) is 44.9 Å². The first-order valence-electron chi connectivity index (χ1n) is 7.59. The van der Waals surface area contributed by atoms with Gasteiger partial charge in [-0.25, -0.2) is 9.78 Å². The van der Waals surface area contributed by atoms with Crippen LogP contribution in [0.4, 0.5) is 9.93 Å². The maximum Gasteiger partial charge on any atom is 0.321 e. The van der Waals surface area contributed by atoms with E-state index in [0.29, 0.717) is 28.3 Å². The molecule has 0 saturated carbocycles. The van der Waals surface area contributed by atoms with Crippen LogP contribution in [-0.2, 0) is 17.9 Å². The zero-order valence-electron chi connectivity index (χ0n) is 13.3. The number of nitrogens with zero attached hydrogens (tertiary/aromatic N) is 1. The molecule has 1 aromatic carbocycles. The van der Waals surface area contributed by atoms with Crippen molar-refractivity contribution in [2.75, 3.05) is 11.9 Å². The van der Waals surface area contributed by atoms with Crippen LogP contribution in [-0.4, -0.2) is 17.6 Å². The van der Waals surface area contributed by atoms with Crippen molar-refractivity contribution in [2.24, 2.45) is 0 Å². The number of halogens is 2. The summed E-state index contributed by atoms with van der Waals surface area (Å²) < 4.78 is 5.50. The summed E-state index contributed by atoms with van der Waals surface area (Å²) in [5.74, 6) is 0. The van der Waals surface area contributed by atoms with E-state index < -0.39 is 0 Å². The number of carbonyl (C=O) groups is 1. The maximum atomic E-state index is 11.9. The molecule has 0 saturated heterocycles. The summed E-state index contributed by atoms with van der Waals surface area (Å²) in [6, 6.07) is 4.90. The van der Waals surface area contributed by atoms with E-state index in [2.05, 4.69) is 22.5 Å². The molecule has 2 amide bonds. The Balaban J connectivity index is 1.75. The molecule has 2 N–H and O–H groups in total.